The van der Waals surface area contributed by atoms with Crippen molar-refractivity contribution in [2.24, 2.45) is 0 Å². The van der Waals surface area contributed by atoms with E-state index in [1.807, 2.05) is 0 Å². The molecule has 0 spiro atoms. The zero-order valence-electron chi connectivity index (χ0n) is 14.4. The highest BCUT2D eigenvalue weighted by molar-refractivity contribution is 9.09. The summed E-state index contributed by atoms with van der Waals surface area (Å²) < 4.78 is 31.0. The monoisotopic (exact) mass is 403 g/mol. The summed E-state index contributed by atoms with van der Waals surface area (Å²) in [6.07, 6.45) is 0.294. The Hall–Kier alpha value is -1.50. The van der Waals surface area contributed by atoms with Gasteiger partial charge in [-0.05, 0) is 38.8 Å². The zero-order valence-corrected chi connectivity index (χ0v) is 16.0. The van der Waals surface area contributed by atoms with E-state index in [1.54, 1.807) is 26.8 Å². The van der Waals surface area contributed by atoms with Crippen molar-refractivity contribution in [2.75, 3.05) is 19.0 Å². The summed E-state index contributed by atoms with van der Waals surface area (Å²) >= 11 is 3.31. The lowest BCUT2D eigenvalue weighted by molar-refractivity contribution is 0.0241. The second-order valence-electron chi connectivity index (χ2n) is 6.59. The van der Waals surface area contributed by atoms with E-state index in [9.17, 15) is 9.18 Å². The second kappa shape index (κ2) is 7.59. The van der Waals surface area contributed by atoms with Crippen LogP contribution in [-0.2, 0) is 17.8 Å². The van der Waals surface area contributed by atoms with Gasteiger partial charge in [0.05, 0.1) is 20.3 Å². The fourth-order valence-corrected chi connectivity index (χ4v) is 2.66. The number of amides is 1. The largest absolute Gasteiger partial charge is 0.493 e. The average Bonchev–Trinajstić information content (AvgIpc) is 2.92. The predicted octanol–water partition coefficient (Wildman–Crippen LogP) is 4.25. The van der Waals surface area contributed by atoms with E-state index in [0.717, 1.165) is 11.8 Å². The average molecular weight is 404 g/mol. The Morgan fingerprint density at radius 3 is 2.67 bits per heavy atom. The summed E-state index contributed by atoms with van der Waals surface area (Å²) in [5.41, 5.74) is 0.574. The number of nitrogens with zero attached hydrogens (tertiary/aromatic N) is 1. The second-order valence-corrected chi connectivity index (χ2v) is 7.38. The van der Waals surface area contributed by atoms with Crippen LogP contribution in [0.2, 0.25) is 0 Å². The van der Waals surface area contributed by atoms with Gasteiger partial charge in [0.15, 0.2) is 17.3 Å². The van der Waals surface area contributed by atoms with Gasteiger partial charge in [0.2, 0.25) is 0 Å². The first-order valence-electron chi connectivity index (χ1n) is 7.81. The summed E-state index contributed by atoms with van der Waals surface area (Å²) in [6, 6.07) is 1.73. The number of alkyl halides is 1. The van der Waals surface area contributed by atoms with Gasteiger partial charge in [0.1, 0.15) is 5.60 Å². The first kappa shape index (κ1) is 18.8. The molecular formula is C17H23BrFNO4. The Kier molecular flexibility index (Phi) is 5.96. The SMILES string of the molecule is COc1cc2c(c(F)c1OCCCBr)CN(C(=O)OC(C)(C)C)C2. The predicted molar refractivity (Wildman–Crippen MR) is 92.3 cm³/mol. The van der Waals surface area contributed by atoms with Crippen molar-refractivity contribution in [3.8, 4) is 11.5 Å². The summed E-state index contributed by atoms with van der Waals surface area (Å²) in [7, 11) is 1.47. The highest BCUT2D eigenvalue weighted by atomic mass is 79.9. The molecule has 5 nitrogen and oxygen atoms in total. The zero-order chi connectivity index (χ0) is 17.9. The Morgan fingerprint density at radius 1 is 1.38 bits per heavy atom. The Bertz CT molecular complexity index is 616. The van der Waals surface area contributed by atoms with Crippen molar-refractivity contribution < 1.29 is 23.4 Å². The molecule has 24 heavy (non-hydrogen) atoms. The Balaban J connectivity index is 2.21. The fourth-order valence-electron chi connectivity index (χ4n) is 2.43. The minimum absolute atomic E-state index is 0.100. The van der Waals surface area contributed by atoms with Crippen LogP contribution in [0.5, 0.6) is 11.5 Å². The minimum atomic E-state index is -0.591. The van der Waals surface area contributed by atoms with Gasteiger partial charge in [-0.1, -0.05) is 15.9 Å². The van der Waals surface area contributed by atoms with E-state index in [0.29, 0.717) is 30.0 Å². The van der Waals surface area contributed by atoms with Gasteiger partial charge >= 0.3 is 6.09 Å². The van der Waals surface area contributed by atoms with E-state index in [2.05, 4.69) is 15.9 Å². The molecule has 0 atom stereocenters. The number of rotatable bonds is 5. The molecule has 0 unspecified atom stereocenters. The number of fused-ring (bicyclic) bond motifs is 1. The summed E-state index contributed by atoms with van der Waals surface area (Å²) in [4.78, 5) is 13.7. The van der Waals surface area contributed by atoms with Gasteiger partial charge in [0.25, 0.3) is 0 Å². The van der Waals surface area contributed by atoms with Gasteiger partial charge in [-0.15, -0.1) is 0 Å². The molecule has 1 heterocycles. The first-order valence-corrected chi connectivity index (χ1v) is 8.94. The number of ether oxygens (including phenoxy) is 3. The fraction of sp³-hybridized carbons (Fsp3) is 0.588. The maximum absolute atomic E-state index is 14.8. The smallest absolute Gasteiger partial charge is 0.410 e. The maximum Gasteiger partial charge on any atom is 0.410 e. The molecule has 7 heteroatoms. The van der Waals surface area contributed by atoms with Crippen LogP contribution in [0.4, 0.5) is 9.18 Å². The van der Waals surface area contributed by atoms with Crippen molar-refractivity contribution in [1.82, 2.24) is 4.90 Å². The van der Waals surface area contributed by atoms with Gasteiger partial charge in [-0.2, -0.15) is 0 Å². The Labute approximate surface area is 150 Å². The lowest BCUT2D eigenvalue weighted by Crippen LogP contribution is -2.33. The van der Waals surface area contributed by atoms with E-state index >= 15 is 0 Å². The number of benzene rings is 1. The molecule has 0 saturated heterocycles. The third kappa shape index (κ3) is 4.32. The molecule has 0 fully saturated rings. The molecule has 0 bridgehead atoms. The van der Waals surface area contributed by atoms with E-state index < -0.39 is 17.5 Å². The first-order chi connectivity index (χ1) is 11.3. The van der Waals surface area contributed by atoms with Crippen LogP contribution in [0, 0.1) is 5.82 Å². The highest BCUT2D eigenvalue weighted by Crippen LogP contribution is 2.39. The van der Waals surface area contributed by atoms with Crippen LogP contribution in [0.3, 0.4) is 0 Å². The van der Waals surface area contributed by atoms with Crippen molar-refractivity contribution in [2.45, 2.75) is 45.9 Å². The van der Waals surface area contributed by atoms with E-state index in [4.69, 9.17) is 14.2 Å². The molecule has 1 amide bonds. The summed E-state index contributed by atoms with van der Waals surface area (Å²) in [6.45, 7) is 6.23. The van der Waals surface area contributed by atoms with Crippen molar-refractivity contribution in [3.05, 3.63) is 23.0 Å². The third-order valence-electron chi connectivity index (χ3n) is 3.49. The molecule has 0 saturated carbocycles. The van der Waals surface area contributed by atoms with Crippen LogP contribution in [0.25, 0.3) is 0 Å². The number of halogens is 2. The molecule has 1 aliphatic rings. The number of hydrogen-bond acceptors (Lipinski definition) is 4. The lowest BCUT2D eigenvalue weighted by Gasteiger charge is -2.24. The highest BCUT2D eigenvalue weighted by Gasteiger charge is 2.32. The quantitative estimate of drug-likeness (QED) is 0.544. The minimum Gasteiger partial charge on any atom is -0.493 e. The van der Waals surface area contributed by atoms with Gasteiger partial charge < -0.3 is 14.2 Å². The maximum atomic E-state index is 14.8. The molecule has 0 aliphatic carbocycles. The van der Waals surface area contributed by atoms with E-state index in [-0.39, 0.29) is 12.3 Å². The number of methoxy groups -OCH3 is 1. The molecular weight excluding hydrogens is 381 g/mol. The molecule has 0 radical (unpaired) electrons. The summed E-state index contributed by atoms with van der Waals surface area (Å²) in [5.74, 6) is -0.0277. The van der Waals surface area contributed by atoms with Crippen LogP contribution in [-0.4, -0.2) is 35.6 Å². The van der Waals surface area contributed by atoms with Gasteiger partial charge in [0, 0.05) is 17.4 Å². The van der Waals surface area contributed by atoms with Gasteiger partial charge in [-0.3, -0.25) is 4.90 Å². The number of hydrogen-bond donors (Lipinski definition) is 0. The van der Waals surface area contributed by atoms with Crippen LogP contribution < -0.4 is 9.47 Å². The van der Waals surface area contributed by atoms with Crippen LogP contribution in [0.15, 0.2) is 6.07 Å². The molecule has 0 N–H and O–H groups in total. The Morgan fingerprint density at radius 2 is 2.08 bits per heavy atom. The lowest BCUT2D eigenvalue weighted by atomic mass is 10.1. The van der Waals surface area contributed by atoms with Crippen molar-refractivity contribution in [1.29, 1.82) is 0 Å². The molecule has 2 rings (SSSR count). The number of carbonyl (C=O) groups excluding carboxylic acids is 1. The third-order valence-corrected chi connectivity index (χ3v) is 4.05. The molecule has 1 aliphatic heterocycles. The van der Waals surface area contributed by atoms with Crippen molar-refractivity contribution in [3.63, 3.8) is 0 Å². The molecule has 1 aromatic carbocycles. The molecule has 0 aromatic heterocycles. The van der Waals surface area contributed by atoms with Crippen molar-refractivity contribution >= 4 is 22.0 Å². The van der Waals surface area contributed by atoms with Crippen LogP contribution >= 0.6 is 15.9 Å². The standard InChI is InChI=1S/C17H23BrFNO4/c1-17(2,3)24-16(21)20-9-11-8-13(22-4)15(23-7-5-6-18)14(19)12(11)10-20/h8H,5-7,9-10H2,1-4H3. The molecule has 1 aromatic rings. The molecule has 134 valence electrons. The van der Waals surface area contributed by atoms with Crippen LogP contribution in [0.1, 0.15) is 38.3 Å². The normalized spacial score (nSPS) is 13.7. The number of carbonyl (C=O) groups is 1. The summed E-state index contributed by atoms with van der Waals surface area (Å²) in [5, 5.41) is 0.772. The topological polar surface area (TPSA) is 48.0 Å². The van der Waals surface area contributed by atoms with Gasteiger partial charge in [-0.25, -0.2) is 9.18 Å². The van der Waals surface area contributed by atoms with E-state index in [1.165, 1.54) is 12.0 Å².